The number of benzene rings is 1. The lowest BCUT2D eigenvalue weighted by Crippen LogP contribution is -2.29. The van der Waals surface area contributed by atoms with Gasteiger partial charge < -0.3 is 15.2 Å². The summed E-state index contributed by atoms with van der Waals surface area (Å²) in [6.07, 6.45) is 6.94. The number of hydrogen-bond acceptors (Lipinski definition) is 5. The number of hydrogen-bond donors (Lipinski definition) is 2. The lowest BCUT2D eigenvalue weighted by Gasteiger charge is -2.22. The van der Waals surface area contributed by atoms with Crippen molar-refractivity contribution in [1.29, 1.82) is 0 Å². The Morgan fingerprint density at radius 1 is 1.30 bits per heavy atom. The molecule has 162 valence electrons. The molecule has 0 aliphatic carbocycles. The molecule has 4 rings (SSSR count). The second kappa shape index (κ2) is 10.5. The van der Waals surface area contributed by atoms with Crippen LogP contribution in [0.4, 0.5) is 4.39 Å². The smallest absolute Gasteiger partial charge is 0.273 e. The maximum absolute atomic E-state index is 14.5. The summed E-state index contributed by atoms with van der Waals surface area (Å²) < 4.78 is 17.9. The first kappa shape index (κ1) is 23.8. The summed E-state index contributed by atoms with van der Waals surface area (Å²) in [7, 11) is 0. The van der Waals surface area contributed by atoms with E-state index in [-0.39, 0.29) is 54.8 Å². The number of halogens is 3. The van der Waals surface area contributed by atoms with Crippen molar-refractivity contribution in [2.24, 2.45) is 0 Å². The van der Waals surface area contributed by atoms with Gasteiger partial charge in [0.25, 0.3) is 5.91 Å². The van der Waals surface area contributed by atoms with Gasteiger partial charge in [-0.05, 0) is 50.6 Å². The monoisotopic (exact) mass is 455 g/mol. The van der Waals surface area contributed by atoms with E-state index in [0.717, 1.165) is 25.9 Å². The molecule has 1 aliphatic rings. The summed E-state index contributed by atoms with van der Waals surface area (Å²) in [5.41, 5.74) is 1.36. The number of aromatic nitrogens is 5. The third-order valence-corrected chi connectivity index (χ3v) is 4.98. The van der Waals surface area contributed by atoms with E-state index in [1.807, 2.05) is 6.92 Å². The number of aryl methyl sites for hydroxylation is 1. The molecule has 0 atom stereocenters. The van der Waals surface area contributed by atoms with Crippen molar-refractivity contribution in [3.05, 3.63) is 59.7 Å². The number of amides is 1. The molecule has 1 saturated heterocycles. The van der Waals surface area contributed by atoms with Crippen LogP contribution >= 0.6 is 24.8 Å². The third kappa shape index (κ3) is 5.16. The highest BCUT2D eigenvalue weighted by molar-refractivity contribution is 5.91. The minimum atomic E-state index is -0.371. The summed E-state index contributed by atoms with van der Waals surface area (Å²) in [6, 6.07) is 5.15. The molecule has 11 heteroatoms. The predicted molar refractivity (Wildman–Crippen MR) is 115 cm³/mol. The second-order valence-corrected chi connectivity index (χ2v) is 6.88. The Morgan fingerprint density at radius 3 is 2.73 bits per heavy atom. The number of carbonyl (C=O) groups is 1. The SMILES string of the molecule is Cc1nccn1-c1ccc(CNC(=O)c2cn(C3CCNCC3)nn2)cc1F.Cl.Cl. The predicted octanol–water partition coefficient (Wildman–Crippen LogP) is 2.61. The first-order valence-corrected chi connectivity index (χ1v) is 9.31. The summed E-state index contributed by atoms with van der Waals surface area (Å²) in [5, 5.41) is 14.1. The van der Waals surface area contributed by atoms with Crippen molar-refractivity contribution >= 4 is 30.7 Å². The van der Waals surface area contributed by atoms with Crippen LogP contribution in [-0.4, -0.2) is 43.5 Å². The minimum absolute atomic E-state index is 0. The van der Waals surface area contributed by atoms with Crippen LogP contribution in [0, 0.1) is 12.7 Å². The minimum Gasteiger partial charge on any atom is -0.347 e. The van der Waals surface area contributed by atoms with Gasteiger partial charge in [0, 0.05) is 18.9 Å². The van der Waals surface area contributed by atoms with Crippen LogP contribution in [0.3, 0.4) is 0 Å². The highest BCUT2D eigenvalue weighted by Gasteiger charge is 2.18. The van der Waals surface area contributed by atoms with Crippen molar-refractivity contribution in [2.75, 3.05) is 13.1 Å². The van der Waals surface area contributed by atoms with E-state index < -0.39 is 0 Å². The van der Waals surface area contributed by atoms with Crippen LogP contribution < -0.4 is 10.6 Å². The van der Waals surface area contributed by atoms with Gasteiger partial charge in [-0.15, -0.1) is 29.9 Å². The topological polar surface area (TPSA) is 89.7 Å². The zero-order chi connectivity index (χ0) is 19.5. The van der Waals surface area contributed by atoms with E-state index in [2.05, 4.69) is 25.9 Å². The Balaban J connectivity index is 0.00000160. The summed E-state index contributed by atoms with van der Waals surface area (Å²) in [4.78, 5) is 16.5. The zero-order valence-corrected chi connectivity index (χ0v) is 18.0. The van der Waals surface area contributed by atoms with E-state index in [9.17, 15) is 9.18 Å². The summed E-state index contributed by atoms with van der Waals surface area (Å²) in [6.45, 7) is 3.89. The Labute approximate surface area is 186 Å². The van der Waals surface area contributed by atoms with Crippen LogP contribution in [0.2, 0.25) is 0 Å². The first-order valence-electron chi connectivity index (χ1n) is 9.31. The van der Waals surface area contributed by atoms with Crippen LogP contribution in [0.5, 0.6) is 0 Å². The molecule has 1 aliphatic heterocycles. The van der Waals surface area contributed by atoms with Crippen molar-refractivity contribution < 1.29 is 9.18 Å². The van der Waals surface area contributed by atoms with Gasteiger partial charge >= 0.3 is 0 Å². The zero-order valence-electron chi connectivity index (χ0n) is 16.4. The van der Waals surface area contributed by atoms with E-state index in [0.29, 0.717) is 17.1 Å². The lowest BCUT2D eigenvalue weighted by atomic mass is 10.1. The normalized spacial score (nSPS) is 13.9. The summed E-state index contributed by atoms with van der Waals surface area (Å²) >= 11 is 0. The second-order valence-electron chi connectivity index (χ2n) is 6.88. The molecular weight excluding hydrogens is 432 g/mol. The molecule has 0 spiro atoms. The van der Waals surface area contributed by atoms with Gasteiger partial charge in [0.1, 0.15) is 11.6 Å². The van der Waals surface area contributed by atoms with E-state index >= 15 is 0 Å². The molecule has 0 unspecified atom stereocenters. The molecule has 8 nitrogen and oxygen atoms in total. The molecule has 1 aromatic carbocycles. The lowest BCUT2D eigenvalue weighted by molar-refractivity contribution is 0.0945. The average Bonchev–Trinajstić information content (AvgIpc) is 3.36. The fraction of sp³-hybridized carbons (Fsp3) is 0.368. The van der Waals surface area contributed by atoms with Gasteiger partial charge in [0.2, 0.25) is 0 Å². The molecule has 1 fully saturated rings. The van der Waals surface area contributed by atoms with E-state index in [1.54, 1.807) is 40.0 Å². The van der Waals surface area contributed by atoms with Crippen molar-refractivity contribution in [2.45, 2.75) is 32.4 Å². The third-order valence-electron chi connectivity index (χ3n) is 4.98. The highest BCUT2D eigenvalue weighted by Crippen LogP contribution is 2.18. The van der Waals surface area contributed by atoms with Gasteiger partial charge in [-0.25, -0.2) is 14.1 Å². The van der Waals surface area contributed by atoms with Crippen molar-refractivity contribution in [1.82, 2.24) is 35.2 Å². The van der Waals surface area contributed by atoms with Crippen molar-refractivity contribution in [3.63, 3.8) is 0 Å². The first-order chi connectivity index (χ1) is 13.6. The molecule has 30 heavy (non-hydrogen) atoms. The molecule has 0 radical (unpaired) electrons. The van der Waals surface area contributed by atoms with Crippen LogP contribution in [0.15, 0.2) is 36.8 Å². The molecule has 2 aromatic heterocycles. The Kier molecular flexibility index (Phi) is 8.33. The van der Waals surface area contributed by atoms with Gasteiger partial charge in [-0.2, -0.15) is 0 Å². The van der Waals surface area contributed by atoms with Crippen LogP contribution in [-0.2, 0) is 6.54 Å². The van der Waals surface area contributed by atoms with Gasteiger partial charge in [0.05, 0.1) is 17.9 Å². The van der Waals surface area contributed by atoms with E-state index in [1.165, 1.54) is 6.07 Å². The largest absolute Gasteiger partial charge is 0.347 e. The Morgan fingerprint density at radius 2 is 2.07 bits per heavy atom. The number of nitrogens with zero attached hydrogens (tertiary/aromatic N) is 5. The molecule has 0 bridgehead atoms. The van der Waals surface area contributed by atoms with Crippen LogP contribution in [0.25, 0.3) is 5.69 Å². The fourth-order valence-electron chi connectivity index (χ4n) is 3.39. The summed E-state index contributed by atoms with van der Waals surface area (Å²) in [5.74, 6) is 0.0108. The quantitative estimate of drug-likeness (QED) is 0.616. The van der Waals surface area contributed by atoms with Crippen LogP contribution in [0.1, 0.15) is 40.8 Å². The number of carbonyl (C=O) groups excluding carboxylic acids is 1. The van der Waals surface area contributed by atoms with Gasteiger partial charge in [-0.1, -0.05) is 11.3 Å². The van der Waals surface area contributed by atoms with Crippen molar-refractivity contribution in [3.8, 4) is 5.69 Å². The molecule has 1 amide bonds. The Bertz CT molecular complexity index is 985. The molecular formula is C19H24Cl2FN7O. The maximum Gasteiger partial charge on any atom is 0.273 e. The van der Waals surface area contributed by atoms with Gasteiger partial charge in [0.15, 0.2) is 5.69 Å². The fourth-order valence-corrected chi connectivity index (χ4v) is 3.39. The molecule has 3 heterocycles. The number of rotatable bonds is 5. The molecule has 3 aromatic rings. The number of nitrogens with one attached hydrogen (secondary N) is 2. The molecule has 0 saturated carbocycles. The number of imidazole rings is 1. The number of piperidine rings is 1. The maximum atomic E-state index is 14.5. The standard InChI is InChI=1S/C19H22FN7O.2ClH/c1-13-22-8-9-26(13)18-3-2-14(10-16(18)20)11-23-19(28)17-12-27(25-24-17)15-4-6-21-7-5-15;;/h2-3,8-10,12,15,21H,4-7,11H2,1H3,(H,23,28);2*1H. The Hall–Kier alpha value is -2.49. The molecule has 2 N–H and O–H groups in total. The van der Waals surface area contributed by atoms with Gasteiger partial charge in [-0.3, -0.25) is 4.79 Å². The average molecular weight is 456 g/mol. The highest BCUT2D eigenvalue weighted by atomic mass is 35.5. The van der Waals surface area contributed by atoms with E-state index in [4.69, 9.17) is 0 Å².